The van der Waals surface area contributed by atoms with Gasteiger partial charge in [0.25, 0.3) is 0 Å². The third kappa shape index (κ3) is 7.67. The second-order valence-corrected chi connectivity index (χ2v) is 6.29. The fraction of sp³-hybridized carbons (Fsp3) is 0. The van der Waals surface area contributed by atoms with Crippen LogP contribution in [-0.4, -0.2) is 25.9 Å². The summed E-state index contributed by atoms with van der Waals surface area (Å²) in [5.41, 5.74) is 0. The average Bonchev–Trinajstić information content (AvgIpc) is 2.40. The number of hydrogen-bond donors (Lipinski definition) is 0. The van der Waals surface area contributed by atoms with Crippen LogP contribution in [0.25, 0.3) is 0 Å². The quantitative estimate of drug-likeness (QED) is 0.439. The molecule has 0 aliphatic carbocycles. The predicted molar refractivity (Wildman–Crippen MR) is 68.8 cm³/mol. The van der Waals surface area contributed by atoms with E-state index in [9.17, 15) is 25.9 Å². The summed E-state index contributed by atoms with van der Waals surface area (Å²) in [4.78, 5) is -0.370. The average molecular weight is 515 g/mol. The molecule has 108 valence electrons. The molecule has 2 aromatic rings. The van der Waals surface area contributed by atoms with Crippen LogP contribution in [0.3, 0.4) is 0 Å². The minimum Gasteiger partial charge on any atom is -0.744 e. The van der Waals surface area contributed by atoms with Crippen molar-refractivity contribution in [3.8, 4) is 0 Å². The van der Waals surface area contributed by atoms with Gasteiger partial charge in [0, 0.05) is 0 Å². The molecule has 0 aliphatic heterocycles. The molecule has 0 saturated heterocycles. The van der Waals surface area contributed by atoms with Crippen molar-refractivity contribution in [3.63, 3.8) is 0 Å². The van der Waals surface area contributed by atoms with Gasteiger partial charge in [-0.25, -0.2) is 16.8 Å². The molecule has 0 aromatic heterocycles. The molecule has 0 atom stereocenters. The van der Waals surface area contributed by atoms with E-state index in [4.69, 9.17) is 0 Å². The monoisotopic (exact) mass is 516 g/mol. The molecular weight excluding hydrogens is 505 g/mol. The maximum absolute atomic E-state index is 10.3. The van der Waals surface area contributed by atoms with Crippen LogP contribution in [0.1, 0.15) is 0 Å². The third-order valence-electron chi connectivity index (χ3n) is 2.06. The predicted octanol–water partition coefficient (Wildman–Crippen LogP) is 1.18. The number of benzene rings is 2. The van der Waals surface area contributed by atoms with Crippen LogP contribution in [-0.2, 0) is 47.9 Å². The molecule has 0 heterocycles. The van der Waals surface area contributed by atoms with Crippen molar-refractivity contribution in [2.45, 2.75) is 9.79 Å². The Kier molecular flexibility index (Phi) is 8.26. The fourth-order valence-corrected chi connectivity index (χ4v) is 2.16. The van der Waals surface area contributed by atoms with E-state index in [1.165, 1.54) is 48.5 Å². The maximum Gasteiger partial charge on any atom is 2.00 e. The molecule has 0 bridgehead atoms. The number of hydrogen-bond acceptors (Lipinski definition) is 6. The second-order valence-electron chi connectivity index (χ2n) is 3.53. The van der Waals surface area contributed by atoms with Crippen LogP contribution >= 0.6 is 0 Å². The van der Waals surface area contributed by atoms with Crippen LogP contribution in [0, 0.1) is 0 Å². The minimum absolute atomic E-state index is 0. The minimum atomic E-state index is -4.25. The van der Waals surface area contributed by atoms with Crippen LogP contribution in [0.15, 0.2) is 70.5 Å². The Hall–Kier alpha value is -0.805. The normalized spacial score (nSPS) is 10.8. The largest absolute Gasteiger partial charge is 2.00 e. The first-order valence-electron chi connectivity index (χ1n) is 5.23. The van der Waals surface area contributed by atoms with Crippen molar-refractivity contribution in [2.24, 2.45) is 0 Å². The van der Waals surface area contributed by atoms with E-state index in [2.05, 4.69) is 0 Å². The van der Waals surface area contributed by atoms with E-state index < -0.39 is 20.2 Å². The van der Waals surface area contributed by atoms with Gasteiger partial charge in [-0.3, -0.25) is 0 Å². The first-order valence-corrected chi connectivity index (χ1v) is 8.05. The first-order chi connectivity index (χ1) is 9.21. The zero-order valence-corrected chi connectivity index (χ0v) is 17.9. The van der Waals surface area contributed by atoms with Crippen LogP contribution < -0.4 is 0 Å². The van der Waals surface area contributed by atoms with Gasteiger partial charge in [-0.2, -0.15) is 0 Å². The van der Waals surface area contributed by atoms with E-state index in [-0.39, 0.29) is 37.5 Å². The van der Waals surface area contributed by atoms with Crippen molar-refractivity contribution in [2.75, 3.05) is 0 Å². The Balaban J connectivity index is 0.000000364. The molecule has 9 heteroatoms. The summed E-state index contributed by atoms with van der Waals surface area (Å²) in [5.74, 6) is 0. The Bertz CT molecular complexity index is 675. The van der Waals surface area contributed by atoms with Crippen molar-refractivity contribution in [3.05, 3.63) is 60.7 Å². The molecular formula is C12H10HgO6S2. The summed E-state index contributed by atoms with van der Waals surface area (Å²) in [6.45, 7) is 0. The van der Waals surface area contributed by atoms with Gasteiger partial charge in [0.1, 0.15) is 20.2 Å². The summed E-state index contributed by atoms with van der Waals surface area (Å²) < 4.78 is 61.7. The summed E-state index contributed by atoms with van der Waals surface area (Å²) in [5, 5.41) is 0. The molecule has 0 unspecified atom stereocenters. The number of rotatable bonds is 2. The molecule has 0 fully saturated rings. The Morgan fingerprint density at radius 2 is 0.810 bits per heavy atom. The van der Waals surface area contributed by atoms with Gasteiger partial charge in [0.2, 0.25) is 0 Å². The van der Waals surface area contributed by atoms with E-state index in [0.717, 1.165) is 0 Å². The molecule has 0 N–H and O–H groups in total. The van der Waals surface area contributed by atoms with E-state index in [1.54, 1.807) is 12.1 Å². The van der Waals surface area contributed by atoms with E-state index >= 15 is 0 Å². The van der Waals surface area contributed by atoms with Gasteiger partial charge < -0.3 is 9.11 Å². The van der Waals surface area contributed by atoms with Crippen LogP contribution in [0.5, 0.6) is 0 Å². The molecule has 21 heavy (non-hydrogen) atoms. The zero-order chi connectivity index (χ0) is 15.2. The molecule has 0 amide bonds. The Morgan fingerprint density at radius 3 is 0.952 bits per heavy atom. The fourth-order valence-electron chi connectivity index (χ4n) is 1.17. The van der Waals surface area contributed by atoms with E-state index in [0.29, 0.717) is 0 Å². The van der Waals surface area contributed by atoms with Crippen molar-refractivity contribution < 1.29 is 53.6 Å². The third-order valence-corrected chi connectivity index (χ3v) is 3.76. The summed E-state index contributed by atoms with van der Waals surface area (Å²) in [6, 6.07) is 14.4. The molecule has 0 saturated carbocycles. The molecule has 0 radical (unpaired) electrons. The summed E-state index contributed by atoms with van der Waals surface area (Å²) in [6.07, 6.45) is 0. The van der Waals surface area contributed by atoms with Gasteiger partial charge in [0.15, 0.2) is 0 Å². The van der Waals surface area contributed by atoms with Crippen LogP contribution in [0.2, 0.25) is 0 Å². The van der Waals surface area contributed by atoms with Crippen molar-refractivity contribution in [1.29, 1.82) is 0 Å². The topological polar surface area (TPSA) is 114 Å². The van der Waals surface area contributed by atoms with Gasteiger partial charge in [-0.15, -0.1) is 0 Å². The second kappa shape index (κ2) is 8.59. The van der Waals surface area contributed by atoms with Crippen molar-refractivity contribution >= 4 is 20.2 Å². The maximum atomic E-state index is 10.3. The van der Waals surface area contributed by atoms with Crippen molar-refractivity contribution in [1.82, 2.24) is 0 Å². The van der Waals surface area contributed by atoms with Crippen LogP contribution in [0.4, 0.5) is 0 Å². The standard InChI is InChI=1S/2C6H6O3S.Hg/c2*7-10(8,9)6-4-2-1-3-5-6;/h2*1-5H,(H,7,8,9);/q;;+2/p-2. The molecule has 2 aromatic carbocycles. The summed E-state index contributed by atoms with van der Waals surface area (Å²) in [7, 11) is -8.51. The first kappa shape index (κ1) is 20.2. The zero-order valence-electron chi connectivity index (χ0n) is 10.7. The molecule has 0 spiro atoms. The SMILES string of the molecule is O=S(=O)([O-])c1ccccc1.O=S(=O)([O-])c1ccccc1.[Hg+2]. The van der Waals surface area contributed by atoms with Gasteiger partial charge in [-0.05, 0) is 24.3 Å². The smallest absolute Gasteiger partial charge is 0.744 e. The Labute approximate surface area is 143 Å². The molecule has 0 aliphatic rings. The summed E-state index contributed by atoms with van der Waals surface area (Å²) >= 11 is 0. The van der Waals surface area contributed by atoms with Gasteiger partial charge in [0.05, 0.1) is 9.79 Å². The van der Waals surface area contributed by atoms with Gasteiger partial charge in [-0.1, -0.05) is 36.4 Å². The molecule has 6 nitrogen and oxygen atoms in total. The Morgan fingerprint density at radius 1 is 0.571 bits per heavy atom. The molecule has 2 rings (SSSR count). The van der Waals surface area contributed by atoms with Gasteiger partial charge >= 0.3 is 27.7 Å². The van der Waals surface area contributed by atoms with E-state index in [1.807, 2.05) is 0 Å².